The Hall–Kier alpha value is -0.990. The lowest BCUT2D eigenvalue weighted by molar-refractivity contribution is 0.528. The monoisotopic (exact) mass is 139 g/mol. The number of aromatic nitrogens is 2. The lowest BCUT2D eigenvalue weighted by Crippen LogP contribution is -2.06. The third-order valence-electron chi connectivity index (χ3n) is 1.31. The van der Waals surface area contributed by atoms with Crippen LogP contribution in [0.15, 0.2) is 12.4 Å². The molecule has 3 heteroatoms. The van der Waals surface area contributed by atoms with Gasteiger partial charge in [0.1, 0.15) is 0 Å². The van der Waals surface area contributed by atoms with Crippen molar-refractivity contribution in [3.8, 4) is 0 Å². The Bertz CT molecular complexity index is 202. The second-order valence-electron chi connectivity index (χ2n) is 2.83. The first kappa shape index (κ1) is 7.12. The molecule has 1 aromatic rings. The van der Waals surface area contributed by atoms with Gasteiger partial charge in [0, 0.05) is 18.9 Å². The van der Waals surface area contributed by atoms with Crippen LogP contribution in [-0.4, -0.2) is 9.55 Å². The van der Waals surface area contributed by atoms with Crippen molar-refractivity contribution in [3.05, 3.63) is 12.4 Å². The lowest BCUT2D eigenvalue weighted by atomic mass is 10.2. The number of hydrogen-bond acceptors (Lipinski definition) is 2. The second kappa shape index (κ2) is 2.73. The summed E-state index contributed by atoms with van der Waals surface area (Å²) >= 11 is 0. The van der Waals surface area contributed by atoms with Gasteiger partial charge in [0.25, 0.3) is 0 Å². The molecule has 10 heavy (non-hydrogen) atoms. The van der Waals surface area contributed by atoms with Crippen molar-refractivity contribution in [2.45, 2.75) is 20.4 Å². The normalized spacial score (nSPS) is 10.7. The molecule has 0 amide bonds. The first-order chi connectivity index (χ1) is 4.70. The molecule has 0 aromatic carbocycles. The summed E-state index contributed by atoms with van der Waals surface area (Å²) in [5.74, 6) is 1.23. The molecule has 0 aliphatic carbocycles. The van der Waals surface area contributed by atoms with Gasteiger partial charge < -0.3 is 10.3 Å². The molecule has 0 unspecified atom stereocenters. The minimum atomic E-state index is 0.605. The zero-order chi connectivity index (χ0) is 7.56. The molecule has 1 heterocycles. The zero-order valence-corrected chi connectivity index (χ0v) is 6.41. The van der Waals surface area contributed by atoms with E-state index in [0.29, 0.717) is 11.9 Å². The smallest absolute Gasteiger partial charge is 0.200 e. The third kappa shape index (κ3) is 1.50. The number of nitrogens with two attached hydrogens (primary N) is 1. The minimum absolute atomic E-state index is 0.605. The summed E-state index contributed by atoms with van der Waals surface area (Å²) in [6.07, 6.45) is 3.62. The number of nitrogens with zero attached hydrogens (tertiary/aromatic N) is 2. The van der Waals surface area contributed by atoms with Gasteiger partial charge in [-0.25, -0.2) is 4.98 Å². The van der Waals surface area contributed by atoms with Gasteiger partial charge in [-0.3, -0.25) is 0 Å². The van der Waals surface area contributed by atoms with Gasteiger partial charge in [0.2, 0.25) is 0 Å². The lowest BCUT2D eigenvalue weighted by Gasteiger charge is -2.06. The van der Waals surface area contributed by atoms with Crippen LogP contribution in [0.3, 0.4) is 0 Å². The van der Waals surface area contributed by atoms with Gasteiger partial charge in [0.05, 0.1) is 0 Å². The fraction of sp³-hybridized carbons (Fsp3) is 0.571. The standard InChI is InChI=1S/C7H13N3/c1-6(2)5-10-4-3-9-7(10)8/h3-4,6H,5H2,1-2H3,(H2,8,9). The van der Waals surface area contributed by atoms with E-state index in [0.717, 1.165) is 6.54 Å². The van der Waals surface area contributed by atoms with Gasteiger partial charge in [-0.2, -0.15) is 0 Å². The van der Waals surface area contributed by atoms with Crippen LogP contribution in [0.5, 0.6) is 0 Å². The Morgan fingerprint density at radius 1 is 1.70 bits per heavy atom. The Morgan fingerprint density at radius 2 is 2.40 bits per heavy atom. The molecule has 0 fully saturated rings. The number of imidazole rings is 1. The van der Waals surface area contributed by atoms with E-state index in [-0.39, 0.29) is 0 Å². The minimum Gasteiger partial charge on any atom is -0.369 e. The van der Waals surface area contributed by atoms with Crippen LogP contribution in [0.1, 0.15) is 13.8 Å². The fourth-order valence-corrected chi connectivity index (χ4v) is 0.888. The van der Waals surface area contributed by atoms with Crippen molar-refractivity contribution in [2.24, 2.45) is 5.92 Å². The van der Waals surface area contributed by atoms with Crippen molar-refractivity contribution in [3.63, 3.8) is 0 Å². The molecule has 56 valence electrons. The van der Waals surface area contributed by atoms with Crippen molar-refractivity contribution in [1.29, 1.82) is 0 Å². The average molecular weight is 139 g/mol. The van der Waals surface area contributed by atoms with E-state index in [1.807, 2.05) is 10.8 Å². The number of rotatable bonds is 2. The van der Waals surface area contributed by atoms with E-state index in [2.05, 4.69) is 18.8 Å². The van der Waals surface area contributed by atoms with Gasteiger partial charge >= 0.3 is 0 Å². The van der Waals surface area contributed by atoms with Crippen LogP contribution < -0.4 is 5.73 Å². The quantitative estimate of drug-likeness (QED) is 0.667. The maximum Gasteiger partial charge on any atom is 0.200 e. The fourth-order valence-electron chi connectivity index (χ4n) is 0.888. The summed E-state index contributed by atoms with van der Waals surface area (Å²) in [6.45, 7) is 5.25. The van der Waals surface area contributed by atoms with E-state index < -0.39 is 0 Å². The van der Waals surface area contributed by atoms with Crippen LogP contribution >= 0.6 is 0 Å². The molecule has 0 radical (unpaired) electrons. The number of anilines is 1. The SMILES string of the molecule is CC(C)Cn1ccnc1N. The molecule has 1 rings (SSSR count). The third-order valence-corrected chi connectivity index (χ3v) is 1.31. The Kier molecular flexibility index (Phi) is 1.94. The maximum absolute atomic E-state index is 5.54. The molecule has 0 atom stereocenters. The van der Waals surface area contributed by atoms with Gasteiger partial charge in [0.15, 0.2) is 5.95 Å². The molecular formula is C7H13N3. The summed E-state index contributed by atoms with van der Waals surface area (Å²) < 4.78 is 1.95. The first-order valence-corrected chi connectivity index (χ1v) is 3.46. The molecule has 0 saturated heterocycles. The van der Waals surface area contributed by atoms with Crippen molar-refractivity contribution in [1.82, 2.24) is 9.55 Å². The zero-order valence-electron chi connectivity index (χ0n) is 6.41. The largest absolute Gasteiger partial charge is 0.369 e. The molecule has 0 aliphatic rings. The predicted octanol–water partition coefficient (Wildman–Crippen LogP) is 1.12. The van der Waals surface area contributed by atoms with Crippen LogP contribution in [0.4, 0.5) is 5.95 Å². The molecule has 0 aliphatic heterocycles. The molecule has 0 spiro atoms. The molecule has 3 nitrogen and oxygen atoms in total. The van der Waals surface area contributed by atoms with Crippen molar-refractivity contribution in [2.75, 3.05) is 5.73 Å². The summed E-state index contributed by atoms with van der Waals surface area (Å²) in [6, 6.07) is 0. The summed E-state index contributed by atoms with van der Waals surface area (Å²) in [7, 11) is 0. The van der Waals surface area contributed by atoms with E-state index in [4.69, 9.17) is 5.73 Å². The molecular weight excluding hydrogens is 126 g/mol. The number of hydrogen-bond donors (Lipinski definition) is 1. The number of nitrogen functional groups attached to an aromatic ring is 1. The van der Waals surface area contributed by atoms with Crippen LogP contribution in [0.25, 0.3) is 0 Å². The second-order valence-corrected chi connectivity index (χ2v) is 2.83. The van der Waals surface area contributed by atoms with Crippen LogP contribution in [-0.2, 0) is 6.54 Å². The Labute approximate surface area is 60.9 Å². The summed E-state index contributed by atoms with van der Waals surface area (Å²) in [5.41, 5.74) is 5.54. The van der Waals surface area contributed by atoms with E-state index >= 15 is 0 Å². The topological polar surface area (TPSA) is 43.8 Å². The van der Waals surface area contributed by atoms with Gasteiger partial charge in [-0.15, -0.1) is 0 Å². The van der Waals surface area contributed by atoms with Crippen LogP contribution in [0.2, 0.25) is 0 Å². The molecule has 0 saturated carbocycles. The molecule has 0 bridgehead atoms. The maximum atomic E-state index is 5.54. The predicted molar refractivity (Wildman–Crippen MR) is 41.5 cm³/mol. The van der Waals surface area contributed by atoms with Gasteiger partial charge in [-0.05, 0) is 5.92 Å². The highest BCUT2D eigenvalue weighted by Crippen LogP contribution is 2.03. The highest BCUT2D eigenvalue weighted by Gasteiger charge is 1.98. The van der Waals surface area contributed by atoms with Gasteiger partial charge in [-0.1, -0.05) is 13.8 Å². The first-order valence-electron chi connectivity index (χ1n) is 3.46. The Balaban J connectivity index is 2.65. The van der Waals surface area contributed by atoms with E-state index in [9.17, 15) is 0 Å². The average Bonchev–Trinajstić information content (AvgIpc) is 2.15. The van der Waals surface area contributed by atoms with Crippen LogP contribution in [0, 0.1) is 5.92 Å². The van der Waals surface area contributed by atoms with E-state index in [1.165, 1.54) is 0 Å². The Morgan fingerprint density at radius 3 is 2.80 bits per heavy atom. The summed E-state index contributed by atoms with van der Waals surface area (Å²) in [5, 5.41) is 0. The highest BCUT2D eigenvalue weighted by atomic mass is 15.1. The van der Waals surface area contributed by atoms with Crippen molar-refractivity contribution >= 4 is 5.95 Å². The molecule has 2 N–H and O–H groups in total. The molecule has 1 aromatic heterocycles. The van der Waals surface area contributed by atoms with E-state index in [1.54, 1.807) is 6.20 Å². The summed E-state index contributed by atoms with van der Waals surface area (Å²) in [4.78, 5) is 3.91. The highest BCUT2D eigenvalue weighted by molar-refractivity contribution is 5.16. The van der Waals surface area contributed by atoms with Crippen molar-refractivity contribution < 1.29 is 0 Å².